The first-order valence-corrected chi connectivity index (χ1v) is 10.3. The van der Waals surface area contributed by atoms with Crippen LogP contribution in [0.1, 0.15) is 45.0 Å². The molecule has 0 fully saturated rings. The van der Waals surface area contributed by atoms with Crippen molar-refractivity contribution >= 4 is 39.8 Å². The molecule has 0 saturated heterocycles. The molecule has 2 rings (SSSR count). The van der Waals surface area contributed by atoms with Gasteiger partial charge in [-0.3, -0.25) is 9.59 Å². The van der Waals surface area contributed by atoms with E-state index in [2.05, 4.69) is 10.6 Å². The number of aryl methyl sites for hydroxylation is 1. The van der Waals surface area contributed by atoms with Crippen molar-refractivity contribution in [1.29, 1.82) is 0 Å². The molecular formula is C21H27N3O4S. The Hall–Kier alpha value is -2.87. The Morgan fingerprint density at radius 2 is 1.83 bits per heavy atom. The molecule has 0 atom stereocenters. The van der Waals surface area contributed by atoms with E-state index < -0.39 is 5.97 Å². The lowest BCUT2D eigenvalue weighted by molar-refractivity contribution is -0.114. The molecule has 7 nitrogen and oxygen atoms in total. The number of carbonyl (C=O) groups excluding carboxylic acids is 3. The lowest BCUT2D eigenvalue weighted by Crippen LogP contribution is -2.23. The minimum absolute atomic E-state index is 0.0349. The van der Waals surface area contributed by atoms with E-state index in [1.54, 1.807) is 27.9 Å². The number of hydrogen-bond donors (Lipinski definition) is 2. The number of carbonyl (C=O) groups is 3. The molecule has 0 unspecified atom stereocenters. The fraction of sp³-hybridized carbons (Fsp3) is 0.381. The van der Waals surface area contributed by atoms with Crippen LogP contribution in [0.25, 0.3) is 0 Å². The van der Waals surface area contributed by atoms with Gasteiger partial charge in [0.25, 0.3) is 5.91 Å². The topological polar surface area (TPSA) is 87.7 Å². The third kappa shape index (κ3) is 5.35. The zero-order chi connectivity index (χ0) is 21.6. The zero-order valence-electron chi connectivity index (χ0n) is 17.4. The highest BCUT2D eigenvalue weighted by Gasteiger charge is 2.27. The van der Waals surface area contributed by atoms with Crippen molar-refractivity contribution in [2.45, 2.75) is 27.2 Å². The molecule has 8 heteroatoms. The Balaban J connectivity index is 2.23. The summed E-state index contributed by atoms with van der Waals surface area (Å²) in [6, 6.07) is 7.77. The van der Waals surface area contributed by atoms with Gasteiger partial charge in [-0.25, -0.2) is 4.79 Å². The highest BCUT2D eigenvalue weighted by Crippen LogP contribution is 2.34. The molecule has 0 spiro atoms. The maximum Gasteiger partial charge on any atom is 0.341 e. The van der Waals surface area contributed by atoms with Crippen LogP contribution in [0.5, 0.6) is 0 Å². The second-order valence-electron chi connectivity index (χ2n) is 6.59. The van der Waals surface area contributed by atoms with Gasteiger partial charge in [-0.1, -0.05) is 25.1 Å². The smallest absolute Gasteiger partial charge is 0.341 e. The van der Waals surface area contributed by atoms with Crippen molar-refractivity contribution in [3.05, 3.63) is 45.8 Å². The van der Waals surface area contributed by atoms with Gasteiger partial charge in [-0.05, 0) is 37.5 Å². The van der Waals surface area contributed by atoms with Crippen molar-refractivity contribution in [2.75, 3.05) is 37.9 Å². The minimum Gasteiger partial charge on any atom is -0.462 e. The molecule has 29 heavy (non-hydrogen) atoms. The summed E-state index contributed by atoms with van der Waals surface area (Å²) in [5, 5.41) is 6.20. The van der Waals surface area contributed by atoms with Crippen LogP contribution in [0, 0.1) is 6.92 Å². The normalized spacial score (nSPS) is 10.4. The predicted molar refractivity (Wildman–Crippen MR) is 116 cm³/mol. The molecule has 2 amide bonds. The van der Waals surface area contributed by atoms with E-state index in [9.17, 15) is 14.4 Å². The second kappa shape index (κ2) is 10.1. The first kappa shape index (κ1) is 22.4. The summed E-state index contributed by atoms with van der Waals surface area (Å²) in [5.41, 5.74) is 2.73. The molecule has 2 aromatic rings. The van der Waals surface area contributed by atoms with E-state index in [1.807, 2.05) is 31.2 Å². The van der Waals surface area contributed by atoms with E-state index in [4.69, 9.17) is 4.74 Å². The number of para-hydroxylation sites is 1. The average molecular weight is 418 g/mol. The number of hydrogen-bond acceptors (Lipinski definition) is 6. The van der Waals surface area contributed by atoms with Gasteiger partial charge in [0.15, 0.2) is 0 Å². The zero-order valence-corrected chi connectivity index (χ0v) is 18.2. The van der Waals surface area contributed by atoms with Crippen molar-refractivity contribution in [3.8, 4) is 0 Å². The molecule has 156 valence electrons. The average Bonchev–Trinajstić information content (AvgIpc) is 3.01. The van der Waals surface area contributed by atoms with E-state index in [-0.39, 0.29) is 30.5 Å². The lowest BCUT2D eigenvalue weighted by Gasteiger charge is -2.11. The lowest BCUT2D eigenvalue weighted by atomic mass is 10.1. The number of esters is 1. The highest BCUT2D eigenvalue weighted by molar-refractivity contribution is 7.18. The third-order valence-corrected chi connectivity index (χ3v) is 5.51. The van der Waals surface area contributed by atoms with Crippen molar-refractivity contribution in [2.24, 2.45) is 0 Å². The van der Waals surface area contributed by atoms with Crippen molar-refractivity contribution < 1.29 is 19.1 Å². The molecule has 1 heterocycles. The largest absolute Gasteiger partial charge is 0.462 e. The number of amides is 2. The standard InChI is InChI=1S/C21H27N3O4S/c1-6-14-10-8-9-11-15(14)22-12-16(25)23-19-17(21(27)28-7-2)13(3)18(29-19)20(26)24(4)5/h8-11,22H,6-7,12H2,1-5H3,(H,23,25). The predicted octanol–water partition coefficient (Wildman–Crippen LogP) is 3.55. The molecular weight excluding hydrogens is 390 g/mol. The number of anilines is 2. The van der Waals surface area contributed by atoms with E-state index in [0.717, 1.165) is 29.0 Å². The van der Waals surface area contributed by atoms with Gasteiger partial charge in [0.2, 0.25) is 5.91 Å². The summed E-state index contributed by atoms with van der Waals surface area (Å²) >= 11 is 1.08. The Labute approximate surface area is 175 Å². The maximum atomic E-state index is 12.5. The van der Waals surface area contributed by atoms with Crippen molar-refractivity contribution in [1.82, 2.24) is 4.90 Å². The van der Waals surface area contributed by atoms with Crippen LogP contribution in [-0.4, -0.2) is 49.9 Å². The first-order valence-electron chi connectivity index (χ1n) is 9.43. The highest BCUT2D eigenvalue weighted by atomic mass is 32.1. The number of ether oxygens (including phenoxy) is 1. The number of benzene rings is 1. The molecule has 0 aliphatic carbocycles. The van der Waals surface area contributed by atoms with Gasteiger partial charge in [-0.15, -0.1) is 11.3 Å². The maximum absolute atomic E-state index is 12.5. The molecule has 0 bridgehead atoms. The number of thiophene rings is 1. The Kier molecular flexibility index (Phi) is 7.78. The summed E-state index contributed by atoms with van der Waals surface area (Å²) < 4.78 is 5.12. The van der Waals surface area contributed by atoms with Gasteiger partial charge < -0.3 is 20.3 Å². The SMILES string of the molecule is CCOC(=O)c1c(NC(=O)CNc2ccccc2CC)sc(C(=O)N(C)C)c1C. The van der Waals surface area contributed by atoms with Crippen LogP contribution in [0.2, 0.25) is 0 Å². The summed E-state index contributed by atoms with van der Waals surface area (Å²) in [4.78, 5) is 39.2. The third-order valence-electron chi connectivity index (χ3n) is 4.32. The monoisotopic (exact) mass is 417 g/mol. The van der Waals surface area contributed by atoms with Crippen LogP contribution >= 0.6 is 11.3 Å². The minimum atomic E-state index is -0.557. The quantitative estimate of drug-likeness (QED) is 0.642. The number of rotatable bonds is 8. The van der Waals surface area contributed by atoms with E-state index in [1.165, 1.54) is 4.90 Å². The molecule has 0 radical (unpaired) electrons. The van der Waals surface area contributed by atoms with Gasteiger partial charge >= 0.3 is 5.97 Å². The fourth-order valence-electron chi connectivity index (χ4n) is 2.81. The molecule has 1 aromatic heterocycles. The van der Waals surface area contributed by atoms with Gasteiger partial charge in [0, 0.05) is 19.8 Å². The number of nitrogens with one attached hydrogen (secondary N) is 2. The summed E-state index contributed by atoms with van der Waals surface area (Å²) in [6.07, 6.45) is 0.845. The summed E-state index contributed by atoms with van der Waals surface area (Å²) in [5.74, 6) is -1.10. The van der Waals surface area contributed by atoms with Gasteiger partial charge in [0.05, 0.1) is 23.6 Å². The van der Waals surface area contributed by atoms with Crippen LogP contribution in [0.3, 0.4) is 0 Å². The van der Waals surface area contributed by atoms with E-state index in [0.29, 0.717) is 15.4 Å². The van der Waals surface area contributed by atoms with Gasteiger partial charge in [0.1, 0.15) is 5.00 Å². The Morgan fingerprint density at radius 1 is 1.14 bits per heavy atom. The molecule has 0 aliphatic heterocycles. The second-order valence-corrected chi connectivity index (χ2v) is 7.61. The molecule has 2 N–H and O–H groups in total. The van der Waals surface area contributed by atoms with E-state index >= 15 is 0 Å². The molecule has 0 saturated carbocycles. The fourth-order valence-corrected chi connectivity index (χ4v) is 4.04. The summed E-state index contributed by atoms with van der Waals surface area (Å²) in [7, 11) is 3.28. The number of nitrogens with zero attached hydrogens (tertiary/aromatic N) is 1. The van der Waals surface area contributed by atoms with Crippen LogP contribution < -0.4 is 10.6 Å². The summed E-state index contributed by atoms with van der Waals surface area (Å²) in [6.45, 7) is 5.68. The molecule has 0 aliphatic rings. The van der Waals surface area contributed by atoms with Gasteiger partial charge in [-0.2, -0.15) is 0 Å². The van der Waals surface area contributed by atoms with Crippen LogP contribution in [-0.2, 0) is 16.0 Å². The molecule has 1 aromatic carbocycles. The van der Waals surface area contributed by atoms with Crippen molar-refractivity contribution in [3.63, 3.8) is 0 Å². The van der Waals surface area contributed by atoms with Crippen LogP contribution in [0.15, 0.2) is 24.3 Å². The van der Waals surface area contributed by atoms with Crippen LogP contribution in [0.4, 0.5) is 10.7 Å². The Morgan fingerprint density at radius 3 is 2.45 bits per heavy atom. The Bertz CT molecular complexity index is 905. The first-order chi connectivity index (χ1) is 13.8.